The molecule has 1 aromatic rings. The van der Waals surface area contributed by atoms with Gasteiger partial charge in [-0.3, -0.25) is 14.4 Å². The summed E-state index contributed by atoms with van der Waals surface area (Å²) < 4.78 is 10.8. The van der Waals surface area contributed by atoms with Crippen LogP contribution in [0.5, 0.6) is 0 Å². The van der Waals surface area contributed by atoms with E-state index in [0.29, 0.717) is 5.56 Å². The molecule has 29 heavy (non-hydrogen) atoms. The molecule has 0 spiro atoms. The zero-order valence-corrected chi connectivity index (χ0v) is 17.9. The number of ketones is 1. The first kappa shape index (κ1) is 23.1. The monoisotopic (exact) mass is 404 g/mol. The first-order valence-corrected chi connectivity index (χ1v) is 10.2. The van der Waals surface area contributed by atoms with Crippen LogP contribution in [-0.2, 0) is 23.9 Å². The van der Waals surface area contributed by atoms with Gasteiger partial charge in [-0.05, 0) is 24.3 Å². The minimum Gasteiger partial charge on any atom is -0.465 e. The van der Waals surface area contributed by atoms with Gasteiger partial charge in [-0.25, -0.2) is 0 Å². The quantitative estimate of drug-likeness (QED) is 0.555. The summed E-state index contributed by atoms with van der Waals surface area (Å²) in [6.45, 7) is 9.47. The molecule has 1 aromatic carbocycles. The fraction of sp³-hybridized carbons (Fsp3) is 0.609. The van der Waals surface area contributed by atoms with Gasteiger partial charge in [-0.2, -0.15) is 0 Å². The second-order valence-corrected chi connectivity index (χ2v) is 8.94. The predicted octanol–water partition coefficient (Wildman–Crippen LogP) is 3.12. The first-order chi connectivity index (χ1) is 13.5. The molecule has 0 aliphatic heterocycles. The van der Waals surface area contributed by atoms with Crippen molar-refractivity contribution in [2.75, 3.05) is 13.2 Å². The largest absolute Gasteiger partial charge is 0.465 e. The van der Waals surface area contributed by atoms with Gasteiger partial charge in [0.2, 0.25) is 0 Å². The van der Waals surface area contributed by atoms with E-state index in [1.54, 1.807) is 24.3 Å². The van der Waals surface area contributed by atoms with Gasteiger partial charge in [0.1, 0.15) is 5.92 Å². The normalized spacial score (nSPS) is 27.2. The van der Waals surface area contributed by atoms with Crippen LogP contribution in [0.15, 0.2) is 30.3 Å². The Morgan fingerprint density at radius 3 is 2.07 bits per heavy atom. The van der Waals surface area contributed by atoms with Crippen LogP contribution in [0.25, 0.3) is 0 Å². The number of hydrogen-bond donors (Lipinski definition) is 1. The lowest BCUT2D eigenvalue weighted by Gasteiger charge is -2.43. The Bertz CT molecular complexity index is 722. The Morgan fingerprint density at radius 2 is 1.55 bits per heavy atom. The summed E-state index contributed by atoms with van der Waals surface area (Å²) in [6.07, 6.45) is -0.306. The van der Waals surface area contributed by atoms with E-state index in [2.05, 4.69) is 0 Å². The zero-order chi connectivity index (χ0) is 21.8. The van der Waals surface area contributed by atoms with Gasteiger partial charge in [0.25, 0.3) is 0 Å². The lowest BCUT2D eigenvalue weighted by Crippen LogP contribution is -2.55. The fourth-order valence-corrected chi connectivity index (χ4v) is 3.77. The van der Waals surface area contributed by atoms with Crippen LogP contribution in [-0.4, -0.2) is 41.6 Å². The third-order valence-electron chi connectivity index (χ3n) is 5.08. The molecule has 1 aliphatic carbocycles. The summed E-state index contributed by atoms with van der Waals surface area (Å²) in [6, 6.07) is 8.87. The van der Waals surface area contributed by atoms with Crippen molar-refractivity contribution < 1.29 is 29.0 Å². The summed E-state index contributed by atoms with van der Waals surface area (Å²) in [5.41, 5.74) is -1.00. The molecule has 160 valence electrons. The van der Waals surface area contributed by atoms with Crippen molar-refractivity contribution in [3.63, 3.8) is 0 Å². The van der Waals surface area contributed by atoms with Crippen LogP contribution in [0.2, 0.25) is 0 Å². The van der Waals surface area contributed by atoms with Crippen LogP contribution < -0.4 is 0 Å². The molecule has 1 aliphatic rings. The van der Waals surface area contributed by atoms with Crippen LogP contribution in [0, 0.1) is 23.7 Å². The Hall–Kier alpha value is -2.21. The average molecular weight is 405 g/mol. The van der Waals surface area contributed by atoms with E-state index in [9.17, 15) is 19.5 Å². The molecule has 0 amide bonds. The van der Waals surface area contributed by atoms with Crippen molar-refractivity contribution in [1.29, 1.82) is 0 Å². The van der Waals surface area contributed by atoms with Crippen molar-refractivity contribution in [2.24, 2.45) is 23.7 Å². The number of rotatable bonds is 7. The van der Waals surface area contributed by atoms with Crippen LogP contribution in [0.1, 0.15) is 52.5 Å². The molecule has 1 saturated carbocycles. The molecule has 0 radical (unpaired) electrons. The third kappa shape index (κ3) is 5.66. The van der Waals surface area contributed by atoms with E-state index in [4.69, 9.17) is 9.47 Å². The Morgan fingerprint density at radius 1 is 1.03 bits per heavy atom. The van der Waals surface area contributed by atoms with Gasteiger partial charge in [-0.1, -0.05) is 58.0 Å². The summed E-state index contributed by atoms with van der Waals surface area (Å²) in [5, 5.41) is 11.0. The SMILES string of the molecule is CC(C)COC(=O)C1C(=O)CC(C)(O)C(C(=O)OCC(C)C)C1c1ccccc1. The number of ether oxygens (including phenoxy) is 2. The van der Waals surface area contributed by atoms with E-state index in [1.807, 2.05) is 33.8 Å². The summed E-state index contributed by atoms with van der Waals surface area (Å²) in [5.74, 6) is -4.52. The highest BCUT2D eigenvalue weighted by atomic mass is 16.5. The molecule has 0 saturated heterocycles. The second kappa shape index (κ2) is 9.53. The summed E-state index contributed by atoms with van der Waals surface area (Å²) >= 11 is 0. The smallest absolute Gasteiger partial charge is 0.317 e. The van der Waals surface area contributed by atoms with E-state index in [-0.39, 0.29) is 31.5 Å². The van der Waals surface area contributed by atoms with Gasteiger partial charge >= 0.3 is 11.9 Å². The van der Waals surface area contributed by atoms with Crippen molar-refractivity contribution in [1.82, 2.24) is 0 Å². The highest BCUT2D eigenvalue weighted by molar-refractivity contribution is 6.02. The standard InChI is InChI=1S/C23H32O6/c1-14(2)12-28-21(25)19-17(24)11-23(5,27)20(22(26)29-13-15(3)4)18(19)16-9-7-6-8-10-16/h6-10,14-15,18-20,27H,11-13H2,1-5H3. The molecule has 0 heterocycles. The molecule has 1 fully saturated rings. The predicted molar refractivity (Wildman–Crippen MR) is 108 cm³/mol. The van der Waals surface area contributed by atoms with Gasteiger partial charge in [0.05, 0.1) is 24.7 Å². The van der Waals surface area contributed by atoms with E-state index < -0.39 is 41.1 Å². The van der Waals surface area contributed by atoms with Gasteiger partial charge in [0.15, 0.2) is 5.78 Å². The average Bonchev–Trinajstić information content (AvgIpc) is 2.63. The lowest BCUT2D eigenvalue weighted by molar-refractivity contribution is -0.173. The maximum Gasteiger partial charge on any atom is 0.317 e. The number of aliphatic hydroxyl groups is 1. The maximum absolute atomic E-state index is 13.0. The molecule has 0 aromatic heterocycles. The summed E-state index contributed by atoms with van der Waals surface area (Å²) in [4.78, 5) is 38.8. The Kier molecular flexibility index (Phi) is 7.58. The molecular weight excluding hydrogens is 372 g/mol. The molecule has 6 nitrogen and oxygen atoms in total. The van der Waals surface area contributed by atoms with Crippen molar-refractivity contribution >= 4 is 17.7 Å². The van der Waals surface area contributed by atoms with Gasteiger partial charge in [-0.15, -0.1) is 0 Å². The molecule has 1 N–H and O–H groups in total. The number of benzene rings is 1. The van der Waals surface area contributed by atoms with Crippen LogP contribution in [0.3, 0.4) is 0 Å². The van der Waals surface area contributed by atoms with Crippen molar-refractivity contribution in [3.05, 3.63) is 35.9 Å². The topological polar surface area (TPSA) is 89.9 Å². The van der Waals surface area contributed by atoms with Crippen LogP contribution in [0.4, 0.5) is 0 Å². The molecule has 6 heteroatoms. The van der Waals surface area contributed by atoms with Crippen molar-refractivity contribution in [3.8, 4) is 0 Å². The third-order valence-corrected chi connectivity index (χ3v) is 5.08. The second-order valence-electron chi connectivity index (χ2n) is 8.94. The molecule has 0 bridgehead atoms. The molecule has 4 unspecified atom stereocenters. The number of esters is 2. The van der Waals surface area contributed by atoms with Gasteiger partial charge in [0, 0.05) is 12.3 Å². The first-order valence-electron chi connectivity index (χ1n) is 10.2. The van der Waals surface area contributed by atoms with E-state index >= 15 is 0 Å². The van der Waals surface area contributed by atoms with Crippen LogP contribution >= 0.6 is 0 Å². The summed E-state index contributed by atoms with van der Waals surface area (Å²) in [7, 11) is 0. The van der Waals surface area contributed by atoms with E-state index in [1.165, 1.54) is 6.92 Å². The Labute approximate surface area is 172 Å². The highest BCUT2D eigenvalue weighted by Gasteiger charge is 2.57. The number of hydrogen-bond acceptors (Lipinski definition) is 6. The molecule has 4 atom stereocenters. The molecule has 2 rings (SSSR count). The highest BCUT2D eigenvalue weighted by Crippen LogP contribution is 2.46. The number of carbonyl (C=O) groups excluding carboxylic acids is 3. The lowest BCUT2D eigenvalue weighted by atomic mass is 9.62. The fourth-order valence-electron chi connectivity index (χ4n) is 3.77. The zero-order valence-electron chi connectivity index (χ0n) is 17.9. The molecular formula is C23H32O6. The van der Waals surface area contributed by atoms with Gasteiger partial charge < -0.3 is 14.6 Å². The maximum atomic E-state index is 13.0. The number of carbonyl (C=O) groups is 3. The number of Topliss-reactive ketones (excluding diaryl/α,β-unsaturated/α-hetero) is 1. The Balaban J connectivity index is 2.47. The van der Waals surface area contributed by atoms with E-state index in [0.717, 1.165) is 0 Å². The minimum absolute atomic E-state index is 0.114. The minimum atomic E-state index is -1.62. The van der Waals surface area contributed by atoms with Crippen molar-refractivity contribution in [2.45, 2.75) is 52.6 Å².